The van der Waals surface area contributed by atoms with Crippen LogP contribution in [0.5, 0.6) is 5.75 Å². The fourth-order valence-electron chi connectivity index (χ4n) is 2.88. The maximum absolute atomic E-state index is 12.5. The summed E-state index contributed by atoms with van der Waals surface area (Å²) in [6.45, 7) is 4.58. The topological polar surface area (TPSA) is 78.3 Å². The number of rotatable bonds is 2. The summed E-state index contributed by atoms with van der Waals surface area (Å²) in [4.78, 5) is 29.5. The van der Waals surface area contributed by atoms with E-state index in [1.54, 1.807) is 12.1 Å². The second kappa shape index (κ2) is 4.79. The van der Waals surface area contributed by atoms with E-state index < -0.39 is 5.69 Å². The zero-order chi connectivity index (χ0) is 14.3. The van der Waals surface area contributed by atoms with Crippen LogP contribution in [0.2, 0.25) is 0 Å². The van der Waals surface area contributed by atoms with E-state index in [1.807, 2.05) is 0 Å². The molecule has 0 aliphatic carbocycles. The fraction of sp³-hybridized carbons (Fsp3) is 0.429. The number of nitrogens with one attached hydrogen (secondary N) is 1. The molecular formula is C14H17N3O3. The summed E-state index contributed by atoms with van der Waals surface area (Å²) < 4.78 is 1.29. The quantitative estimate of drug-likeness (QED) is 0.844. The standard InChI is InChI=1S/C14H17N3O3/c1-2-16-7-6-9(8-16)17-13(19)10-4-3-5-11(18)12(10)15-14(17)20/h3-5,9,18H,2,6-8H2,1H3,(H,15,20). The Morgan fingerprint density at radius 2 is 2.20 bits per heavy atom. The number of fused-ring (bicyclic) bond motifs is 1. The van der Waals surface area contributed by atoms with Gasteiger partial charge in [-0.3, -0.25) is 9.36 Å². The molecule has 6 nitrogen and oxygen atoms in total. The number of para-hydroxylation sites is 1. The smallest absolute Gasteiger partial charge is 0.329 e. The normalized spacial score (nSPS) is 19.8. The van der Waals surface area contributed by atoms with Crippen molar-refractivity contribution in [2.45, 2.75) is 19.4 Å². The molecule has 1 aromatic carbocycles. The Kier molecular flexibility index (Phi) is 3.10. The van der Waals surface area contributed by atoms with Crippen molar-refractivity contribution in [3.8, 4) is 5.75 Å². The lowest BCUT2D eigenvalue weighted by Crippen LogP contribution is -2.39. The predicted molar refractivity (Wildman–Crippen MR) is 76.3 cm³/mol. The van der Waals surface area contributed by atoms with Gasteiger partial charge >= 0.3 is 5.69 Å². The lowest BCUT2D eigenvalue weighted by molar-refractivity contribution is 0.338. The van der Waals surface area contributed by atoms with Gasteiger partial charge in [-0.25, -0.2) is 4.79 Å². The molecule has 2 aromatic rings. The minimum Gasteiger partial charge on any atom is -0.506 e. The lowest BCUT2D eigenvalue weighted by Gasteiger charge is -2.15. The van der Waals surface area contributed by atoms with E-state index in [1.165, 1.54) is 10.6 Å². The van der Waals surface area contributed by atoms with E-state index >= 15 is 0 Å². The molecule has 106 valence electrons. The van der Waals surface area contributed by atoms with Gasteiger partial charge in [-0.2, -0.15) is 0 Å². The van der Waals surface area contributed by atoms with Gasteiger partial charge in [0, 0.05) is 13.1 Å². The summed E-state index contributed by atoms with van der Waals surface area (Å²) in [5.74, 6) is -0.0783. The zero-order valence-corrected chi connectivity index (χ0v) is 11.3. The Morgan fingerprint density at radius 3 is 2.90 bits per heavy atom. The van der Waals surface area contributed by atoms with Crippen molar-refractivity contribution in [2.24, 2.45) is 0 Å². The number of likely N-dealkylation sites (N-methyl/N-ethyl adjacent to an activating group) is 1. The SMILES string of the molecule is CCN1CCC(n2c(=O)[nH]c3c(O)cccc3c2=O)C1. The van der Waals surface area contributed by atoms with Gasteiger partial charge in [0.05, 0.1) is 16.9 Å². The molecule has 0 spiro atoms. The second-order valence-corrected chi connectivity index (χ2v) is 5.14. The second-order valence-electron chi connectivity index (χ2n) is 5.14. The van der Waals surface area contributed by atoms with E-state index in [-0.39, 0.29) is 22.9 Å². The van der Waals surface area contributed by atoms with Crippen molar-refractivity contribution in [1.29, 1.82) is 0 Å². The summed E-state index contributed by atoms with van der Waals surface area (Å²) in [7, 11) is 0. The van der Waals surface area contributed by atoms with Crippen molar-refractivity contribution < 1.29 is 5.11 Å². The van der Waals surface area contributed by atoms with Crippen molar-refractivity contribution in [2.75, 3.05) is 19.6 Å². The molecule has 1 aromatic heterocycles. The molecule has 6 heteroatoms. The van der Waals surface area contributed by atoms with E-state index in [0.29, 0.717) is 11.9 Å². The first-order valence-corrected chi connectivity index (χ1v) is 6.80. The minimum atomic E-state index is -0.452. The molecular weight excluding hydrogens is 258 g/mol. The van der Waals surface area contributed by atoms with Crippen LogP contribution in [0.1, 0.15) is 19.4 Å². The highest BCUT2D eigenvalue weighted by Gasteiger charge is 2.26. The highest BCUT2D eigenvalue weighted by molar-refractivity contribution is 5.82. The third kappa shape index (κ3) is 1.92. The number of aromatic amines is 1. The Bertz CT molecular complexity index is 762. The molecule has 1 aliphatic heterocycles. The molecule has 1 atom stereocenters. The van der Waals surface area contributed by atoms with Crippen LogP contribution in [-0.4, -0.2) is 39.2 Å². The molecule has 2 N–H and O–H groups in total. The Morgan fingerprint density at radius 1 is 1.40 bits per heavy atom. The van der Waals surface area contributed by atoms with Gasteiger partial charge in [0.15, 0.2) is 0 Å². The van der Waals surface area contributed by atoms with Crippen LogP contribution >= 0.6 is 0 Å². The van der Waals surface area contributed by atoms with E-state index in [0.717, 1.165) is 19.5 Å². The van der Waals surface area contributed by atoms with Crippen molar-refractivity contribution in [3.63, 3.8) is 0 Å². The first kappa shape index (κ1) is 12.9. The van der Waals surface area contributed by atoms with Crippen molar-refractivity contribution in [3.05, 3.63) is 39.0 Å². The Labute approximate surface area is 115 Å². The monoisotopic (exact) mass is 275 g/mol. The number of nitrogens with zero attached hydrogens (tertiary/aromatic N) is 2. The van der Waals surface area contributed by atoms with Gasteiger partial charge in [-0.05, 0) is 25.1 Å². The maximum atomic E-state index is 12.5. The number of aromatic nitrogens is 2. The molecule has 1 aliphatic rings. The van der Waals surface area contributed by atoms with E-state index in [9.17, 15) is 14.7 Å². The van der Waals surface area contributed by atoms with Crippen LogP contribution in [-0.2, 0) is 0 Å². The summed E-state index contributed by atoms with van der Waals surface area (Å²) in [6.07, 6.45) is 0.793. The number of phenols is 1. The Balaban J connectivity index is 2.18. The average Bonchev–Trinajstić information content (AvgIpc) is 2.89. The van der Waals surface area contributed by atoms with Crippen LogP contribution < -0.4 is 11.2 Å². The number of H-pyrrole nitrogens is 1. The van der Waals surface area contributed by atoms with Gasteiger partial charge in [0.2, 0.25) is 0 Å². The zero-order valence-electron chi connectivity index (χ0n) is 11.3. The van der Waals surface area contributed by atoms with Crippen LogP contribution in [0.3, 0.4) is 0 Å². The molecule has 1 saturated heterocycles. The van der Waals surface area contributed by atoms with Gasteiger partial charge in [-0.1, -0.05) is 13.0 Å². The first-order chi connectivity index (χ1) is 9.61. The molecule has 0 amide bonds. The summed E-state index contributed by atoms with van der Waals surface area (Å²) in [6, 6.07) is 4.58. The summed E-state index contributed by atoms with van der Waals surface area (Å²) in [5.41, 5.74) is -0.571. The van der Waals surface area contributed by atoms with Crippen LogP contribution in [0, 0.1) is 0 Å². The van der Waals surface area contributed by atoms with Crippen LogP contribution in [0.15, 0.2) is 27.8 Å². The molecule has 1 fully saturated rings. The van der Waals surface area contributed by atoms with E-state index in [4.69, 9.17) is 0 Å². The van der Waals surface area contributed by atoms with E-state index in [2.05, 4.69) is 16.8 Å². The number of hydrogen-bond donors (Lipinski definition) is 2. The number of likely N-dealkylation sites (tertiary alicyclic amines) is 1. The highest BCUT2D eigenvalue weighted by Crippen LogP contribution is 2.21. The maximum Gasteiger partial charge on any atom is 0.329 e. The van der Waals surface area contributed by atoms with Crippen molar-refractivity contribution in [1.82, 2.24) is 14.5 Å². The summed E-state index contributed by atoms with van der Waals surface area (Å²) in [5, 5.41) is 10.1. The number of phenolic OH excluding ortho intramolecular Hbond substituents is 1. The predicted octanol–water partition coefficient (Wildman–Crippen LogP) is 0.662. The molecule has 2 heterocycles. The van der Waals surface area contributed by atoms with Crippen LogP contribution in [0.25, 0.3) is 10.9 Å². The van der Waals surface area contributed by atoms with Gasteiger partial charge < -0.3 is 15.0 Å². The molecule has 0 bridgehead atoms. The van der Waals surface area contributed by atoms with Gasteiger partial charge in [0.1, 0.15) is 5.75 Å². The summed E-state index contributed by atoms with van der Waals surface area (Å²) >= 11 is 0. The molecule has 1 unspecified atom stereocenters. The average molecular weight is 275 g/mol. The number of aromatic hydroxyl groups is 1. The number of hydrogen-bond acceptors (Lipinski definition) is 4. The highest BCUT2D eigenvalue weighted by atomic mass is 16.3. The first-order valence-electron chi connectivity index (χ1n) is 6.80. The minimum absolute atomic E-state index is 0.0783. The molecule has 20 heavy (non-hydrogen) atoms. The fourth-order valence-corrected chi connectivity index (χ4v) is 2.88. The molecule has 3 rings (SSSR count). The largest absolute Gasteiger partial charge is 0.506 e. The number of benzene rings is 1. The lowest BCUT2D eigenvalue weighted by atomic mass is 10.2. The molecule has 0 saturated carbocycles. The molecule has 0 radical (unpaired) electrons. The third-order valence-corrected chi connectivity index (χ3v) is 4.00. The van der Waals surface area contributed by atoms with Crippen molar-refractivity contribution >= 4 is 10.9 Å². The Hall–Kier alpha value is -2.08. The third-order valence-electron chi connectivity index (χ3n) is 4.00. The van der Waals surface area contributed by atoms with Gasteiger partial charge in [0.25, 0.3) is 5.56 Å². The van der Waals surface area contributed by atoms with Crippen LogP contribution in [0.4, 0.5) is 0 Å². The van der Waals surface area contributed by atoms with Gasteiger partial charge in [-0.15, -0.1) is 0 Å².